The van der Waals surface area contributed by atoms with Crippen LogP contribution in [0.4, 0.5) is 0 Å². The molecular weight excluding hydrogens is 1320 g/mol. The second-order valence-electron chi connectivity index (χ2n) is 30.7. The number of carbonyl (C=O) groups excluding carboxylic acids is 4. The first-order chi connectivity index (χ1) is 48.8. The lowest BCUT2D eigenvalue weighted by Crippen LogP contribution is -2.30. The molecule has 6 atom stereocenters. The number of hydrogen-bond donors (Lipinski definition) is 3. The minimum absolute atomic E-state index is 0.106. The zero-order valence-corrected chi connectivity index (χ0v) is 68.2. The molecule has 0 aliphatic heterocycles. The Balaban J connectivity index is 5.25. The van der Waals surface area contributed by atoms with Crippen molar-refractivity contribution in [2.24, 2.45) is 17.8 Å². The van der Waals surface area contributed by atoms with Crippen molar-refractivity contribution in [1.29, 1.82) is 0 Å². The third-order valence-electron chi connectivity index (χ3n) is 19.5. The number of aliphatic hydroxyl groups is 1. The molecule has 3 N–H and O–H groups in total. The maximum Gasteiger partial charge on any atom is 0.472 e. The number of rotatable bonds is 80. The number of esters is 4. The molecule has 0 aliphatic carbocycles. The van der Waals surface area contributed by atoms with Crippen LogP contribution in [0.2, 0.25) is 0 Å². The first-order valence-corrected chi connectivity index (χ1v) is 45.4. The van der Waals surface area contributed by atoms with E-state index in [1.54, 1.807) is 0 Å². The van der Waals surface area contributed by atoms with Crippen LogP contribution in [-0.4, -0.2) is 96.7 Å². The third kappa shape index (κ3) is 74.7. The van der Waals surface area contributed by atoms with E-state index in [4.69, 9.17) is 37.0 Å². The third-order valence-corrected chi connectivity index (χ3v) is 21.4. The topological polar surface area (TPSA) is 237 Å². The Labute approximate surface area is 619 Å². The van der Waals surface area contributed by atoms with Gasteiger partial charge in [0.1, 0.15) is 19.3 Å². The molecule has 0 saturated heterocycles. The summed E-state index contributed by atoms with van der Waals surface area (Å²) in [7, 11) is -9.92. The molecule has 0 aliphatic rings. The highest BCUT2D eigenvalue weighted by atomic mass is 31.2. The van der Waals surface area contributed by atoms with Gasteiger partial charge in [-0.25, -0.2) is 9.13 Å². The molecule has 19 heteroatoms. The van der Waals surface area contributed by atoms with E-state index in [0.717, 1.165) is 108 Å². The molecule has 3 unspecified atom stereocenters. The number of phosphoric acid groups is 2. The molecule has 0 bridgehead atoms. The molecular formula is C82H160O17P2. The molecule has 17 nitrogen and oxygen atoms in total. The van der Waals surface area contributed by atoms with Gasteiger partial charge in [-0.05, 0) is 43.4 Å². The van der Waals surface area contributed by atoms with Gasteiger partial charge in [-0.1, -0.05) is 376 Å². The van der Waals surface area contributed by atoms with Crippen LogP contribution < -0.4 is 0 Å². The summed E-state index contributed by atoms with van der Waals surface area (Å²) >= 11 is 0. The van der Waals surface area contributed by atoms with E-state index in [9.17, 15) is 43.2 Å². The normalized spacial score (nSPS) is 14.2. The fourth-order valence-electron chi connectivity index (χ4n) is 12.6. The number of aliphatic hydroxyl groups excluding tert-OH is 1. The van der Waals surface area contributed by atoms with E-state index in [1.165, 1.54) is 238 Å². The summed E-state index contributed by atoms with van der Waals surface area (Å²) in [6.07, 6.45) is 60.9. The Bertz CT molecular complexity index is 1960. The number of unbranched alkanes of at least 4 members (excludes halogenated alkanes) is 47. The van der Waals surface area contributed by atoms with Crippen molar-refractivity contribution < 1.29 is 80.2 Å². The molecule has 0 fully saturated rings. The molecule has 600 valence electrons. The van der Waals surface area contributed by atoms with Crippen molar-refractivity contribution in [3.63, 3.8) is 0 Å². The molecule has 0 heterocycles. The summed E-state index contributed by atoms with van der Waals surface area (Å²) in [6.45, 7) is 12.0. The van der Waals surface area contributed by atoms with Crippen molar-refractivity contribution in [2.75, 3.05) is 39.6 Å². The van der Waals surface area contributed by atoms with Crippen LogP contribution in [0.15, 0.2) is 0 Å². The van der Waals surface area contributed by atoms with E-state index < -0.39 is 97.5 Å². The smallest absolute Gasteiger partial charge is 0.462 e. The van der Waals surface area contributed by atoms with Gasteiger partial charge >= 0.3 is 39.5 Å². The van der Waals surface area contributed by atoms with Crippen molar-refractivity contribution in [2.45, 2.75) is 446 Å². The van der Waals surface area contributed by atoms with Gasteiger partial charge in [-0.3, -0.25) is 37.3 Å². The summed E-state index contributed by atoms with van der Waals surface area (Å²) in [5, 5.41) is 10.7. The van der Waals surface area contributed by atoms with Crippen molar-refractivity contribution in [3.05, 3.63) is 0 Å². The summed E-state index contributed by atoms with van der Waals surface area (Å²) in [6, 6.07) is 0. The lowest BCUT2D eigenvalue weighted by molar-refractivity contribution is -0.161. The van der Waals surface area contributed by atoms with Crippen molar-refractivity contribution in [1.82, 2.24) is 0 Å². The Hall–Kier alpha value is -1.94. The van der Waals surface area contributed by atoms with Gasteiger partial charge in [0.2, 0.25) is 0 Å². The molecule has 0 amide bonds. The number of ether oxygens (including phenoxy) is 4. The summed E-state index contributed by atoms with van der Waals surface area (Å²) in [4.78, 5) is 73.1. The molecule has 101 heavy (non-hydrogen) atoms. The Morgan fingerprint density at radius 3 is 0.752 bits per heavy atom. The molecule has 0 aromatic carbocycles. The second kappa shape index (κ2) is 72.3. The number of hydrogen-bond acceptors (Lipinski definition) is 15. The summed E-state index contributed by atoms with van der Waals surface area (Å²) < 4.78 is 68.8. The van der Waals surface area contributed by atoms with Gasteiger partial charge in [-0.2, -0.15) is 0 Å². The predicted octanol–water partition coefficient (Wildman–Crippen LogP) is 24.5. The van der Waals surface area contributed by atoms with Crippen LogP contribution in [-0.2, 0) is 65.4 Å². The molecule has 0 rings (SSSR count). The summed E-state index contributed by atoms with van der Waals surface area (Å²) in [5.41, 5.74) is 0. The van der Waals surface area contributed by atoms with Crippen molar-refractivity contribution in [3.8, 4) is 0 Å². The van der Waals surface area contributed by atoms with Crippen LogP contribution in [0.3, 0.4) is 0 Å². The highest BCUT2D eigenvalue weighted by molar-refractivity contribution is 7.47. The van der Waals surface area contributed by atoms with Gasteiger partial charge < -0.3 is 33.8 Å². The van der Waals surface area contributed by atoms with E-state index >= 15 is 0 Å². The highest BCUT2D eigenvalue weighted by Gasteiger charge is 2.30. The average Bonchev–Trinajstić information content (AvgIpc) is 0.921. The molecule has 0 spiro atoms. The van der Waals surface area contributed by atoms with Gasteiger partial charge in [0.15, 0.2) is 12.2 Å². The number of carbonyl (C=O) groups is 4. The fraction of sp³-hybridized carbons (Fsp3) is 0.951. The van der Waals surface area contributed by atoms with Gasteiger partial charge in [0, 0.05) is 25.7 Å². The molecule has 0 radical (unpaired) electrons. The van der Waals surface area contributed by atoms with Gasteiger partial charge in [-0.15, -0.1) is 0 Å². The average molecular weight is 1480 g/mol. The van der Waals surface area contributed by atoms with Crippen LogP contribution >= 0.6 is 15.6 Å². The van der Waals surface area contributed by atoms with E-state index in [2.05, 4.69) is 48.5 Å². The minimum atomic E-state index is -4.96. The second-order valence-corrected chi connectivity index (χ2v) is 33.6. The molecule has 0 saturated carbocycles. The van der Waals surface area contributed by atoms with E-state index in [-0.39, 0.29) is 25.7 Å². The largest absolute Gasteiger partial charge is 0.472 e. The maximum atomic E-state index is 13.1. The SMILES string of the molecule is CCCCCCCCCCCCCC(=O)OC[C@H](COP(=O)(O)OC[C@H](O)COP(=O)(O)OC[C@@H](COC(=O)CCCCCCCCCCCCCCCCC(C)C)OC(=O)CCCCCCCCCCCCCCCCCCC(C)C)OC(=O)CCCCCCCCCCCCC(C)CC. The summed E-state index contributed by atoms with van der Waals surface area (Å²) in [5.74, 6) is 0.303. The molecule has 0 aromatic rings. The van der Waals surface area contributed by atoms with E-state index in [0.29, 0.717) is 25.7 Å². The lowest BCUT2D eigenvalue weighted by atomic mass is 9.99. The van der Waals surface area contributed by atoms with Crippen molar-refractivity contribution >= 4 is 39.5 Å². The Kier molecular flexibility index (Phi) is 70.9. The zero-order chi connectivity index (χ0) is 74.4. The molecule has 0 aromatic heterocycles. The first kappa shape index (κ1) is 99.1. The van der Waals surface area contributed by atoms with Crippen LogP contribution in [0.25, 0.3) is 0 Å². The lowest BCUT2D eigenvalue weighted by Gasteiger charge is -2.21. The van der Waals surface area contributed by atoms with E-state index in [1.807, 2.05) is 0 Å². The predicted molar refractivity (Wildman–Crippen MR) is 414 cm³/mol. The quantitative estimate of drug-likeness (QED) is 0.0222. The monoisotopic (exact) mass is 1480 g/mol. The fourth-order valence-corrected chi connectivity index (χ4v) is 14.2. The Morgan fingerprint density at radius 1 is 0.287 bits per heavy atom. The first-order valence-electron chi connectivity index (χ1n) is 42.4. The van der Waals surface area contributed by atoms with Gasteiger partial charge in [0.25, 0.3) is 0 Å². The van der Waals surface area contributed by atoms with Crippen LogP contribution in [0.1, 0.15) is 427 Å². The minimum Gasteiger partial charge on any atom is -0.462 e. The zero-order valence-electron chi connectivity index (χ0n) is 66.4. The number of phosphoric ester groups is 2. The Morgan fingerprint density at radius 2 is 0.505 bits per heavy atom. The van der Waals surface area contributed by atoms with Gasteiger partial charge in [0.05, 0.1) is 26.4 Å². The maximum absolute atomic E-state index is 13.1. The van der Waals surface area contributed by atoms with Crippen LogP contribution in [0.5, 0.6) is 0 Å². The highest BCUT2D eigenvalue weighted by Crippen LogP contribution is 2.45. The standard InChI is InChI=1S/C82H160O17P2/c1-8-10-11-12-13-14-25-35-42-49-56-63-79(84)92-69-78(99-82(87)66-59-52-45-38-31-30-34-41-48-55-62-75(7)9-2)72-97-101(90,91)95-68-76(83)67-94-100(88,89)96-71-77(70-93-80(85)64-57-50-43-36-28-23-20-19-22-27-33-40-47-54-61-74(5)6)98-81(86)65-58-51-44-37-29-24-18-16-15-17-21-26-32-39-46-53-60-73(3)4/h73-78,83H,8-72H2,1-7H3,(H,88,89)(H,90,91)/t75?,76-,77-,78-/m1/s1. The van der Waals surface area contributed by atoms with Crippen LogP contribution in [0, 0.1) is 17.8 Å².